The number of aromatic amines is 1. The van der Waals surface area contributed by atoms with E-state index in [1.807, 2.05) is 72.9 Å². The van der Waals surface area contributed by atoms with E-state index in [-0.39, 0.29) is 11.6 Å². The second-order valence-corrected chi connectivity index (χ2v) is 14.4. The third kappa shape index (κ3) is 7.71. The number of carbonyl (C=O) groups is 1. The first-order valence-corrected chi connectivity index (χ1v) is 19.1. The van der Waals surface area contributed by atoms with Crippen molar-refractivity contribution in [3.63, 3.8) is 0 Å². The molecular weight excluding hydrogens is 693 g/mol. The van der Waals surface area contributed by atoms with Crippen molar-refractivity contribution in [2.24, 2.45) is 0 Å². The van der Waals surface area contributed by atoms with Crippen LogP contribution in [0, 0.1) is 0 Å². The van der Waals surface area contributed by atoms with Gasteiger partial charge in [-0.15, -0.1) is 0 Å². The van der Waals surface area contributed by atoms with E-state index >= 15 is 0 Å². The van der Waals surface area contributed by atoms with E-state index < -0.39 is 16.9 Å². The number of carbonyl (C=O) groups excluding carboxylic acids is 1. The Balaban J connectivity index is 1.02. The van der Waals surface area contributed by atoms with Crippen LogP contribution < -0.4 is 25.4 Å². The second kappa shape index (κ2) is 15.7. The highest BCUT2D eigenvalue weighted by Gasteiger charge is 2.27. The number of nitrogens with two attached hydrogens (primary N) is 1. The first-order chi connectivity index (χ1) is 26.5. The summed E-state index contributed by atoms with van der Waals surface area (Å²) in [6.45, 7) is 3.27. The molecule has 1 unspecified atom stereocenters. The number of nitrogens with one attached hydrogen (secondary N) is 3. The number of fused-ring (bicyclic) bond motifs is 1. The van der Waals surface area contributed by atoms with Gasteiger partial charge >= 0.3 is 0 Å². The number of hydrogen-bond donors (Lipinski definition) is 4. The molecule has 1 aliphatic rings. The minimum atomic E-state index is -1.88. The zero-order chi connectivity index (χ0) is 36.9. The van der Waals surface area contributed by atoms with Crippen LogP contribution in [0.2, 0.25) is 0 Å². The van der Waals surface area contributed by atoms with E-state index in [9.17, 15) is 9.00 Å². The largest absolute Gasteiger partial charge is 0.456 e. The molecule has 1 aromatic heterocycles. The lowest BCUT2D eigenvalue weighted by molar-refractivity contribution is 0.0980. The highest BCUT2D eigenvalue weighted by molar-refractivity contribution is 7.83. The molecule has 1 aliphatic heterocycles. The Hall–Kier alpha value is -6.36. The van der Waals surface area contributed by atoms with Crippen LogP contribution in [0.25, 0.3) is 10.9 Å². The van der Waals surface area contributed by atoms with Crippen LogP contribution in [-0.2, 0) is 11.0 Å². The van der Waals surface area contributed by atoms with Gasteiger partial charge in [0.15, 0.2) is 11.0 Å². The molecule has 54 heavy (non-hydrogen) atoms. The molecule has 5 N–H and O–H groups in total. The molecule has 2 heterocycles. The average Bonchev–Trinajstić information content (AvgIpc) is 3.68. The molecule has 1 amide bonds. The van der Waals surface area contributed by atoms with Crippen molar-refractivity contribution in [2.75, 3.05) is 42.1 Å². The van der Waals surface area contributed by atoms with E-state index in [0.29, 0.717) is 27.8 Å². The molecule has 1 fully saturated rings. The van der Waals surface area contributed by atoms with Crippen molar-refractivity contribution < 1.29 is 13.7 Å². The Labute approximate surface area is 317 Å². The van der Waals surface area contributed by atoms with Gasteiger partial charge in [0, 0.05) is 60.7 Å². The summed E-state index contributed by atoms with van der Waals surface area (Å²) in [5.41, 5.74) is 13.0. The summed E-state index contributed by atoms with van der Waals surface area (Å²) in [7, 11) is -1.88. The number of nitrogens with zero attached hydrogens (tertiary/aromatic N) is 2. The van der Waals surface area contributed by atoms with Gasteiger partial charge in [-0.2, -0.15) is 0 Å². The summed E-state index contributed by atoms with van der Waals surface area (Å²) < 4.78 is 22.6. The first kappa shape index (κ1) is 34.7. The maximum Gasteiger partial charge on any atom is 0.266 e. The van der Waals surface area contributed by atoms with Gasteiger partial charge in [-0.05, 0) is 77.9 Å². The van der Waals surface area contributed by atoms with Gasteiger partial charge in [-0.3, -0.25) is 14.4 Å². The molecule has 0 saturated carbocycles. The van der Waals surface area contributed by atoms with Gasteiger partial charge in [0.25, 0.3) is 5.91 Å². The van der Waals surface area contributed by atoms with Crippen LogP contribution in [0.4, 0.5) is 22.7 Å². The zero-order valence-corrected chi connectivity index (χ0v) is 30.3. The molecule has 270 valence electrons. The number of piperazine rings is 1. The van der Waals surface area contributed by atoms with Gasteiger partial charge < -0.3 is 25.7 Å². The van der Waals surface area contributed by atoms with Crippen LogP contribution in [0.3, 0.4) is 0 Å². The number of aromatic nitrogens is 1. The molecule has 0 radical (unpaired) electrons. The van der Waals surface area contributed by atoms with E-state index in [1.165, 1.54) is 11.1 Å². The van der Waals surface area contributed by atoms with Crippen molar-refractivity contribution in [2.45, 2.75) is 10.9 Å². The lowest BCUT2D eigenvalue weighted by atomic mass is 9.96. The van der Waals surface area contributed by atoms with E-state index in [0.717, 1.165) is 48.5 Å². The van der Waals surface area contributed by atoms with Crippen LogP contribution in [0.1, 0.15) is 27.5 Å². The molecule has 0 aliphatic carbocycles. The number of H-pyrrole nitrogens is 1. The average molecular weight is 733 g/mol. The molecule has 1 atom stereocenters. The zero-order valence-electron chi connectivity index (χ0n) is 29.5. The van der Waals surface area contributed by atoms with Crippen molar-refractivity contribution in [3.8, 4) is 11.5 Å². The van der Waals surface area contributed by atoms with Crippen LogP contribution in [-0.4, -0.2) is 46.2 Å². The lowest BCUT2D eigenvalue weighted by Gasteiger charge is -2.40. The van der Waals surface area contributed by atoms with Gasteiger partial charge in [0.05, 0.1) is 27.9 Å². The molecular formula is C44H40N6O3S. The van der Waals surface area contributed by atoms with Crippen LogP contribution >= 0.6 is 0 Å². The molecule has 9 nitrogen and oxygen atoms in total. The van der Waals surface area contributed by atoms with Crippen LogP contribution in [0.15, 0.2) is 163 Å². The highest BCUT2D eigenvalue weighted by atomic mass is 32.2. The van der Waals surface area contributed by atoms with Crippen LogP contribution in [0.5, 0.6) is 11.5 Å². The first-order valence-electron chi connectivity index (χ1n) is 17.9. The standard InChI is InChI=1S/C44H40N6O3S/c45-39-30-37(18-21-41(39)47-34-14-8-3-9-15-34)54(52)48-44(51)38-19-16-35(29-42(38)53-36-17-20-40-33(28-36)22-23-46-40)49-24-26-50(27-25-49)43(31-10-4-1-5-11-31)32-12-6-2-7-13-32/h1-23,28-30,43,46-47H,24-27,45H2,(H,48,51). The molecule has 7 aromatic rings. The maximum absolute atomic E-state index is 13.8. The quantitative estimate of drug-likeness (QED) is 0.0985. The van der Waals surface area contributed by atoms with E-state index in [4.69, 9.17) is 10.5 Å². The fourth-order valence-corrected chi connectivity index (χ4v) is 7.79. The molecule has 1 saturated heterocycles. The van der Waals surface area contributed by atoms with E-state index in [1.54, 1.807) is 24.3 Å². The number of anilines is 4. The fraction of sp³-hybridized carbons (Fsp3) is 0.114. The Morgan fingerprint density at radius 2 is 1.43 bits per heavy atom. The number of benzene rings is 6. The van der Waals surface area contributed by atoms with Gasteiger partial charge in [0.2, 0.25) is 0 Å². The van der Waals surface area contributed by atoms with Crippen molar-refractivity contribution in [3.05, 3.63) is 175 Å². The molecule has 8 rings (SSSR count). The predicted octanol–water partition coefficient (Wildman–Crippen LogP) is 8.65. The second-order valence-electron chi connectivity index (χ2n) is 13.2. The summed E-state index contributed by atoms with van der Waals surface area (Å²) in [4.78, 5) is 22.2. The Bertz CT molecular complexity index is 2360. The predicted molar refractivity (Wildman–Crippen MR) is 218 cm³/mol. The summed E-state index contributed by atoms with van der Waals surface area (Å²) in [5, 5.41) is 4.25. The minimum Gasteiger partial charge on any atom is -0.456 e. The number of para-hydroxylation sites is 1. The van der Waals surface area contributed by atoms with Gasteiger partial charge in [-0.25, -0.2) is 4.21 Å². The summed E-state index contributed by atoms with van der Waals surface area (Å²) in [5.74, 6) is 0.427. The Morgan fingerprint density at radius 1 is 0.741 bits per heavy atom. The number of nitrogen functional groups attached to an aromatic ring is 1. The van der Waals surface area contributed by atoms with Gasteiger partial charge in [0.1, 0.15) is 11.5 Å². The summed E-state index contributed by atoms with van der Waals surface area (Å²) in [6, 6.07) is 49.4. The van der Waals surface area contributed by atoms with Crippen molar-refractivity contribution in [1.29, 1.82) is 0 Å². The highest BCUT2D eigenvalue weighted by Crippen LogP contribution is 2.35. The third-order valence-electron chi connectivity index (χ3n) is 9.71. The van der Waals surface area contributed by atoms with Gasteiger partial charge in [-0.1, -0.05) is 78.9 Å². The number of ether oxygens (including phenoxy) is 1. The molecule has 0 bridgehead atoms. The SMILES string of the molecule is Nc1cc(S(=O)NC(=O)c2ccc(N3CCN(C(c4ccccc4)c4ccccc4)CC3)cc2Oc2ccc3[nH]ccc3c2)ccc1Nc1ccccc1. The Morgan fingerprint density at radius 3 is 2.11 bits per heavy atom. The maximum atomic E-state index is 13.8. The molecule has 6 aromatic carbocycles. The number of amides is 1. The van der Waals surface area contributed by atoms with Crippen molar-refractivity contribution >= 4 is 50.5 Å². The normalized spacial score (nSPS) is 13.8. The monoisotopic (exact) mass is 732 g/mol. The lowest BCUT2D eigenvalue weighted by Crippen LogP contribution is -2.48. The summed E-state index contributed by atoms with van der Waals surface area (Å²) in [6.07, 6.45) is 1.88. The topological polar surface area (TPSA) is 116 Å². The minimum absolute atomic E-state index is 0.149. The summed E-state index contributed by atoms with van der Waals surface area (Å²) >= 11 is 0. The fourth-order valence-electron chi connectivity index (χ4n) is 6.97. The third-order valence-corrected chi connectivity index (χ3v) is 10.8. The number of rotatable bonds is 11. The molecule has 10 heteroatoms. The molecule has 0 spiro atoms. The number of hydrogen-bond acceptors (Lipinski definition) is 7. The smallest absolute Gasteiger partial charge is 0.266 e. The Kier molecular flexibility index (Phi) is 10.1. The van der Waals surface area contributed by atoms with E-state index in [2.05, 4.69) is 85.5 Å². The van der Waals surface area contributed by atoms with Crippen molar-refractivity contribution in [1.82, 2.24) is 14.6 Å².